The molecule has 35 heavy (non-hydrogen) atoms. The number of rotatable bonds is 12. The number of aryl methyl sites for hydroxylation is 2. The third-order valence-electron chi connectivity index (χ3n) is 5.49. The van der Waals surface area contributed by atoms with E-state index in [1.165, 1.54) is 16.4 Å². The van der Waals surface area contributed by atoms with Crippen molar-refractivity contribution in [2.75, 3.05) is 17.4 Å². The van der Waals surface area contributed by atoms with Crippen LogP contribution in [0, 0.1) is 0 Å². The van der Waals surface area contributed by atoms with Crippen molar-refractivity contribution in [3.8, 4) is 5.75 Å². The van der Waals surface area contributed by atoms with Crippen molar-refractivity contribution in [2.45, 2.75) is 51.0 Å². The molecule has 1 amide bonds. The van der Waals surface area contributed by atoms with Crippen molar-refractivity contribution in [3.63, 3.8) is 0 Å². The minimum atomic E-state index is -3.90. The molecule has 0 aliphatic carbocycles. The molecule has 186 valence electrons. The normalized spacial score (nSPS) is 11.3. The second-order valence-electron chi connectivity index (χ2n) is 8.61. The zero-order chi connectivity index (χ0) is 25.3. The second kappa shape index (κ2) is 12.4. The molecular formula is C28H34N2O4S. The topological polar surface area (TPSA) is 75.7 Å². The number of hydrogen-bond acceptors (Lipinski definition) is 4. The van der Waals surface area contributed by atoms with Crippen LogP contribution >= 0.6 is 0 Å². The lowest BCUT2D eigenvalue weighted by Gasteiger charge is -2.24. The van der Waals surface area contributed by atoms with Crippen LogP contribution in [0.15, 0.2) is 83.8 Å². The first-order chi connectivity index (χ1) is 16.8. The van der Waals surface area contributed by atoms with E-state index in [-0.39, 0.29) is 23.5 Å². The van der Waals surface area contributed by atoms with Crippen molar-refractivity contribution in [1.29, 1.82) is 0 Å². The molecule has 0 bridgehead atoms. The van der Waals surface area contributed by atoms with E-state index in [1.807, 2.05) is 57.2 Å². The summed E-state index contributed by atoms with van der Waals surface area (Å²) >= 11 is 0. The first-order valence-electron chi connectivity index (χ1n) is 12.0. The van der Waals surface area contributed by atoms with Gasteiger partial charge >= 0.3 is 0 Å². The number of amides is 1. The third kappa shape index (κ3) is 7.59. The van der Waals surface area contributed by atoms with Gasteiger partial charge in [0.2, 0.25) is 5.91 Å². The number of anilines is 1. The van der Waals surface area contributed by atoms with Crippen LogP contribution < -0.4 is 14.4 Å². The Balaban J connectivity index is 1.64. The number of benzene rings is 3. The van der Waals surface area contributed by atoms with Crippen LogP contribution in [0.3, 0.4) is 0 Å². The van der Waals surface area contributed by atoms with Gasteiger partial charge in [-0.05, 0) is 80.6 Å². The van der Waals surface area contributed by atoms with E-state index in [9.17, 15) is 13.2 Å². The first-order valence-corrected chi connectivity index (χ1v) is 13.4. The maximum atomic E-state index is 13.4. The highest BCUT2D eigenvalue weighted by Crippen LogP contribution is 2.24. The van der Waals surface area contributed by atoms with Crippen molar-refractivity contribution in [3.05, 3.63) is 90.0 Å². The van der Waals surface area contributed by atoms with E-state index < -0.39 is 10.0 Å². The molecule has 7 heteroatoms. The highest BCUT2D eigenvalue weighted by molar-refractivity contribution is 7.92. The monoisotopic (exact) mass is 494 g/mol. The van der Waals surface area contributed by atoms with E-state index in [1.54, 1.807) is 30.3 Å². The molecule has 0 aromatic heterocycles. The average Bonchev–Trinajstić information content (AvgIpc) is 2.85. The Morgan fingerprint density at radius 3 is 2.31 bits per heavy atom. The lowest BCUT2D eigenvalue weighted by molar-refractivity contribution is -0.119. The molecule has 3 rings (SSSR count). The van der Waals surface area contributed by atoms with E-state index in [4.69, 9.17) is 4.74 Å². The molecule has 0 heterocycles. The smallest absolute Gasteiger partial charge is 0.264 e. The molecule has 0 radical (unpaired) electrons. The molecule has 6 nitrogen and oxygen atoms in total. The predicted octanol–water partition coefficient (Wildman–Crippen LogP) is 4.98. The minimum Gasteiger partial charge on any atom is -0.491 e. The van der Waals surface area contributed by atoms with Gasteiger partial charge in [0.15, 0.2) is 0 Å². The van der Waals surface area contributed by atoms with Crippen molar-refractivity contribution >= 4 is 21.6 Å². The van der Waals surface area contributed by atoms with Crippen molar-refractivity contribution in [2.24, 2.45) is 0 Å². The molecular weight excluding hydrogens is 460 g/mol. The number of sulfonamides is 1. The summed E-state index contributed by atoms with van der Waals surface area (Å²) in [5.41, 5.74) is 2.68. The summed E-state index contributed by atoms with van der Waals surface area (Å²) in [6, 6.07) is 23.4. The summed E-state index contributed by atoms with van der Waals surface area (Å²) in [5, 5.41) is 2.87. The molecule has 0 spiro atoms. The maximum absolute atomic E-state index is 13.4. The van der Waals surface area contributed by atoms with Gasteiger partial charge in [0, 0.05) is 6.54 Å². The van der Waals surface area contributed by atoms with Gasteiger partial charge in [0.05, 0.1) is 16.7 Å². The fourth-order valence-corrected chi connectivity index (χ4v) is 5.13. The summed E-state index contributed by atoms with van der Waals surface area (Å²) in [6.07, 6.45) is 2.46. The van der Waals surface area contributed by atoms with Gasteiger partial charge < -0.3 is 10.1 Å². The largest absolute Gasteiger partial charge is 0.491 e. The van der Waals surface area contributed by atoms with Gasteiger partial charge in [0.25, 0.3) is 10.0 Å². The molecule has 3 aromatic carbocycles. The van der Waals surface area contributed by atoms with E-state index in [0.717, 1.165) is 36.1 Å². The number of nitrogens with zero attached hydrogens (tertiary/aromatic N) is 1. The summed E-state index contributed by atoms with van der Waals surface area (Å²) < 4.78 is 33.7. The molecule has 0 aliphatic heterocycles. The van der Waals surface area contributed by atoms with Crippen LogP contribution in [0.5, 0.6) is 5.75 Å². The summed E-state index contributed by atoms with van der Waals surface area (Å²) in [5.74, 6) is 0.485. The lowest BCUT2D eigenvalue weighted by atomic mass is 10.1. The van der Waals surface area contributed by atoms with Gasteiger partial charge in [-0.2, -0.15) is 0 Å². The Morgan fingerprint density at radius 2 is 1.66 bits per heavy atom. The van der Waals surface area contributed by atoms with Crippen molar-refractivity contribution in [1.82, 2.24) is 5.32 Å². The number of carbonyl (C=O) groups excluding carboxylic acids is 1. The molecule has 0 fully saturated rings. The molecule has 0 saturated carbocycles. The molecule has 3 aromatic rings. The fraction of sp³-hybridized carbons (Fsp3) is 0.321. The van der Waals surface area contributed by atoms with Crippen LogP contribution in [0.1, 0.15) is 38.3 Å². The summed E-state index contributed by atoms with van der Waals surface area (Å²) in [4.78, 5) is 12.9. The Bertz CT molecular complexity index is 1190. The van der Waals surface area contributed by atoms with Crippen LogP contribution in [-0.2, 0) is 27.7 Å². The van der Waals surface area contributed by atoms with Gasteiger partial charge in [-0.25, -0.2) is 8.42 Å². The predicted molar refractivity (Wildman–Crippen MR) is 140 cm³/mol. The van der Waals surface area contributed by atoms with Crippen LogP contribution in [0.4, 0.5) is 5.69 Å². The highest BCUT2D eigenvalue weighted by Gasteiger charge is 2.27. The Kier molecular flexibility index (Phi) is 9.32. The number of hydrogen-bond donors (Lipinski definition) is 1. The van der Waals surface area contributed by atoms with Gasteiger partial charge in [-0.1, -0.05) is 49.4 Å². The quantitative estimate of drug-likeness (QED) is 0.360. The van der Waals surface area contributed by atoms with E-state index in [0.29, 0.717) is 12.2 Å². The highest BCUT2D eigenvalue weighted by atomic mass is 32.2. The van der Waals surface area contributed by atoms with Crippen LogP contribution in [-0.4, -0.2) is 33.5 Å². The number of nitrogens with one attached hydrogen (secondary N) is 1. The molecule has 0 saturated heterocycles. The molecule has 0 unspecified atom stereocenters. The zero-order valence-electron chi connectivity index (χ0n) is 20.6. The number of carbonyl (C=O) groups is 1. The fourth-order valence-electron chi connectivity index (χ4n) is 3.69. The van der Waals surface area contributed by atoms with Gasteiger partial charge in [-0.3, -0.25) is 9.10 Å². The van der Waals surface area contributed by atoms with Gasteiger partial charge in [0.1, 0.15) is 12.3 Å². The average molecular weight is 495 g/mol. The molecule has 0 aliphatic rings. The Hall–Kier alpha value is -3.32. The Labute approximate surface area is 209 Å². The van der Waals surface area contributed by atoms with E-state index >= 15 is 0 Å². The molecule has 1 N–H and O–H groups in total. The Morgan fingerprint density at radius 1 is 0.943 bits per heavy atom. The third-order valence-corrected chi connectivity index (χ3v) is 7.27. The number of ether oxygens (including phenoxy) is 1. The van der Waals surface area contributed by atoms with Crippen LogP contribution in [0.25, 0.3) is 0 Å². The van der Waals surface area contributed by atoms with Crippen LogP contribution in [0.2, 0.25) is 0 Å². The summed E-state index contributed by atoms with van der Waals surface area (Å²) in [7, 11) is -3.90. The first kappa shape index (κ1) is 26.3. The second-order valence-corrected chi connectivity index (χ2v) is 10.5. The molecule has 0 atom stereocenters. The standard InChI is InChI=1S/C28H34N2O4S/c1-4-23-15-17-25(18-16-23)30(35(32,33)27-13-6-5-7-14-27)21-28(31)29-19-9-11-24-10-8-12-26(20-24)34-22(2)3/h5-8,10,12-18,20,22H,4,9,11,19,21H2,1-3H3,(H,29,31). The van der Waals surface area contributed by atoms with Gasteiger partial charge in [-0.15, -0.1) is 0 Å². The van der Waals surface area contributed by atoms with E-state index in [2.05, 4.69) is 5.32 Å². The lowest BCUT2D eigenvalue weighted by Crippen LogP contribution is -2.41. The zero-order valence-corrected chi connectivity index (χ0v) is 21.4. The van der Waals surface area contributed by atoms with Crippen molar-refractivity contribution < 1.29 is 17.9 Å². The SMILES string of the molecule is CCc1ccc(N(CC(=O)NCCCc2cccc(OC(C)C)c2)S(=O)(=O)c2ccccc2)cc1. The minimum absolute atomic E-state index is 0.109. The summed E-state index contributed by atoms with van der Waals surface area (Å²) in [6.45, 7) is 6.17. The maximum Gasteiger partial charge on any atom is 0.264 e.